The van der Waals surface area contributed by atoms with Crippen LogP contribution < -0.4 is 0 Å². The van der Waals surface area contributed by atoms with Crippen LogP contribution in [0.3, 0.4) is 0 Å². The lowest BCUT2D eigenvalue weighted by Gasteiger charge is -2.11. The van der Waals surface area contributed by atoms with Crippen molar-refractivity contribution in [3.8, 4) is 0 Å². The summed E-state index contributed by atoms with van der Waals surface area (Å²) in [4.78, 5) is 22.5. The molecule has 0 N–H and O–H groups in total. The lowest BCUT2D eigenvalue weighted by molar-refractivity contribution is -0.109. The summed E-state index contributed by atoms with van der Waals surface area (Å²) in [7, 11) is 1.36. The second-order valence-corrected chi connectivity index (χ2v) is 4.71. The second-order valence-electron chi connectivity index (χ2n) is 4.71. The minimum absolute atomic E-state index is 0.0662. The van der Waals surface area contributed by atoms with E-state index in [1.807, 2.05) is 12.1 Å². The molecule has 3 heteroatoms. The molecular weight excluding hydrogens is 240 g/mol. The predicted octanol–water partition coefficient (Wildman–Crippen LogP) is 3.73. The molecule has 0 heterocycles. The summed E-state index contributed by atoms with van der Waals surface area (Å²) in [6.45, 7) is 2.17. The normalized spacial score (nSPS) is 11.9. The van der Waals surface area contributed by atoms with Crippen LogP contribution in [0.5, 0.6) is 0 Å². The van der Waals surface area contributed by atoms with Crippen molar-refractivity contribution in [2.75, 3.05) is 7.11 Å². The number of ether oxygens (including phenoxy) is 1. The maximum atomic E-state index is 11.3. The summed E-state index contributed by atoms with van der Waals surface area (Å²) < 4.78 is 4.65. The maximum absolute atomic E-state index is 11.3. The molecule has 1 aromatic rings. The lowest BCUT2D eigenvalue weighted by atomic mass is 9.93. The van der Waals surface area contributed by atoms with Gasteiger partial charge in [-0.2, -0.15) is 0 Å². The van der Waals surface area contributed by atoms with Gasteiger partial charge in [-0.3, -0.25) is 0 Å². The quantitative estimate of drug-likeness (QED) is 0.407. The fraction of sp³-hybridized carbons (Fsp3) is 0.500. The van der Waals surface area contributed by atoms with Crippen LogP contribution in [0.1, 0.15) is 60.9 Å². The molecule has 0 aromatic heterocycles. The van der Waals surface area contributed by atoms with Gasteiger partial charge in [-0.15, -0.1) is 0 Å². The molecule has 0 unspecified atom stereocenters. The number of methoxy groups -OCH3 is 1. The number of carbonyl (C=O) groups excluding carboxylic acids is 2. The molecule has 0 saturated carbocycles. The SMILES string of the molecule is CCCCCC[C@H](C=O)c1ccc(C(=O)OC)cc1. The second kappa shape index (κ2) is 8.46. The molecule has 19 heavy (non-hydrogen) atoms. The van der Waals surface area contributed by atoms with Crippen LogP contribution in [0.2, 0.25) is 0 Å². The Bertz CT molecular complexity index is 395. The fourth-order valence-corrected chi connectivity index (χ4v) is 2.09. The zero-order valence-corrected chi connectivity index (χ0v) is 11.7. The van der Waals surface area contributed by atoms with Crippen molar-refractivity contribution in [2.45, 2.75) is 44.9 Å². The van der Waals surface area contributed by atoms with Crippen molar-refractivity contribution < 1.29 is 14.3 Å². The van der Waals surface area contributed by atoms with Crippen molar-refractivity contribution in [3.05, 3.63) is 35.4 Å². The number of rotatable bonds is 8. The van der Waals surface area contributed by atoms with Gasteiger partial charge in [0.1, 0.15) is 6.29 Å². The van der Waals surface area contributed by atoms with E-state index in [1.54, 1.807) is 12.1 Å². The molecule has 0 aliphatic heterocycles. The molecule has 0 amide bonds. The molecule has 0 saturated heterocycles. The Hall–Kier alpha value is -1.64. The first-order valence-electron chi connectivity index (χ1n) is 6.86. The van der Waals surface area contributed by atoms with Crippen LogP contribution in [0, 0.1) is 0 Å². The first kappa shape index (κ1) is 15.4. The van der Waals surface area contributed by atoms with E-state index in [0.29, 0.717) is 5.56 Å². The van der Waals surface area contributed by atoms with E-state index in [2.05, 4.69) is 11.7 Å². The third kappa shape index (κ3) is 4.86. The highest BCUT2D eigenvalue weighted by Gasteiger charge is 2.11. The number of hydrogen-bond donors (Lipinski definition) is 0. The van der Waals surface area contributed by atoms with E-state index in [-0.39, 0.29) is 11.9 Å². The van der Waals surface area contributed by atoms with Gasteiger partial charge in [-0.25, -0.2) is 4.79 Å². The topological polar surface area (TPSA) is 43.4 Å². The van der Waals surface area contributed by atoms with Crippen molar-refractivity contribution in [2.24, 2.45) is 0 Å². The Labute approximate surface area is 115 Å². The van der Waals surface area contributed by atoms with E-state index in [0.717, 1.165) is 24.7 Å². The van der Waals surface area contributed by atoms with Gasteiger partial charge in [0.25, 0.3) is 0 Å². The van der Waals surface area contributed by atoms with Gasteiger partial charge in [-0.05, 0) is 24.1 Å². The van der Waals surface area contributed by atoms with Gasteiger partial charge in [0, 0.05) is 5.92 Å². The molecule has 0 fully saturated rings. The zero-order valence-electron chi connectivity index (χ0n) is 11.7. The first-order chi connectivity index (χ1) is 9.22. The van der Waals surface area contributed by atoms with Crippen LogP contribution in [-0.4, -0.2) is 19.4 Å². The average molecular weight is 262 g/mol. The molecule has 0 bridgehead atoms. The monoisotopic (exact) mass is 262 g/mol. The van der Waals surface area contributed by atoms with Crippen LogP contribution >= 0.6 is 0 Å². The van der Waals surface area contributed by atoms with Gasteiger partial charge in [0.2, 0.25) is 0 Å². The van der Waals surface area contributed by atoms with Crippen LogP contribution in [0.4, 0.5) is 0 Å². The number of hydrogen-bond acceptors (Lipinski definition) is 3. The highest BCUT2D eigenvalue weighted by molar-refractivity contribution is 5.89. The minimum atomic E-state index is -0.350. The highest BCUT2D eigenvalue weighted by atomic mass is 16.5. The highest BCUT2D eigenvalue weighted by Crippen LogP contribution is 2.21. The number of aldehydes is 1. The number of esters is 1. The summed E-state index contributed by atoms with van der Waals surface area (Å²) in [5.74, 6) is -0.416. The lowest BCUT2D eigenvalue weighted by Crippen LogP contribution is -2.04. The Morgan fingerprint density at radius 1 is 1.21 bits per heavy atom. The van der Waals surface area contributed by atoms with E-state index >= 15 is 0 Å². The standard InChI is InChI=1S/C16H22O3/c1-3-4-5-6-7-15(12-17)13-8-10-14(11-9-13)16(18)19-2/h8-12,15H,3-7H2,1-2H3/t15-/m1/s1. The van der Waals surface area contributed by atoms with Crippen molar-refractivity contribution >= 4 is 12.3 Å². The van der Waals surface area contributed by atoms with Gasteiger partial charge < -0.3 is 9.53 Å². The average Bonchev–Trinajstić information content (AvgIpc) is 2.47. The molecule has 0 aliphatic rings. The van der Waals surface area contributed by atoms with Crippen LogP contribution in [0.15, 0.2) is 24.3 Å². The summed E-state index contributed by atoms with van der Waals surface area (Å²) in [6, 6.07) is 7.10. The van der Waals surface area contributed by atoms with Crippen LogP contribution in [-0.2, 0) is 9.53 Å². The third-order valence-corrected chi connectivity index (χ3v) is 3.29. The van der Waals surface area contributed by atoms with E-state index in [4.69, 9.17) is 0 Å². The Kier molecular flexibility index (Phi) is 6.86. The molecule has 3 nitrogen and oxygen atoms in total. The summed E-state index contributed by atoms with van der Waals surface area (Å²) in [6.07, 6.45) is 6.52. The molecule has 1 aromatic carbocycles. The number of unbranched alkanes of at least 4 members (excludes halogenated alkanes) is 3. The zero-order chi connectivity index (χ0) is 14.1. The Morgan fingerprint density at radius 2 is 1.89 bits per heavy atom. The van der Waals surface area contributed by atoms with Gasteiger partial charge in [-0.1, -0.05) is 44.7 Å². The van der Waals surface area contributed by atoms with Gasteiger partial charge in [0.05, 0.1) is 12.7 Å². The molecule has 1 atom stereocenters. The molecular formula is C16H22O3. The molecule has 0 radical (unpaired) electrons. The summed E-state index contributed by atoms with van der Waals surface area (Å²) >= 11 is 0. The van der Waals surface area contributed by atoms with Crippen molar-refractivity contribution in [1.82, 2.24) is 0 Å². The van der Waals surface area contributed by atoms with E-state index < -0.39 is 0 Å². The minimum Gasteiger partial charge on any atom is -0.465 e. The Morgan fingerprint density at radius 3 is 2.42 bits per heavy atom. The number of carbonyl (C=O) groups is 2. The smallest absolute Gasteiger partial charge is 0.337 e. The van der Waals surface area contributed by atoms with Gasteiger partial charge in [0.15, 0.2) is 0 Å². The first-order valence-corrected chi connectivity index (χ1v) is 6.86. The molecule has 1 rings (SSSR count). The predicted molar refractivity (Wildman–Crippen MR) is 75.3 cm³/mol. The van der Waals surface area contributed by atoms with Crippen molar-refractivity contribution in [3.63, 3.8) is 0 Å². The molecule has 104 valence electrons. The fourth-order valence-electron chi connectivity index (χ4n) is 2.09. The largest absolute Gasteiger partial charge is 0.465 e. The van der Waals surface area contributed by atoms with Crippen LogP contribution in [0.25, 0.3) is 0 Å². The molecule has 0 spiro atoms. The summed E-state index contributed by atoms with van der Waals surface area (Å²) in [5, 5.41) is 0. The van der Waals surface area contributed by atoms with Gasteiger partial charge >= 0.3 is 5.97 Å². The molecule has 0 aliphatic carbocycles. The number of benzene rings is 1. The maximum Gasteiger partial charge on any atom is 0.337 e. The van der Waals surface area contributed by atoms with E-state index in [9.17, 15) is 9.59 Å². The van der Waals surface area contributed by atoms with E-state index in [1.165, 1.54) is 26.4 Å². The Balaban J connectivity index is 2.61. The summed E-state index contributed by atoms with van der Waals surface area (Å²) in [5.41, 5.74) is 1.49. The van der Waals surface area contributed by atoms with Crippen molar-refractivity contribution in [1.29, 1.82) is 0 Å². The third-order valence-electron chi connectivity index (χ3n) is 3.29.